The lowest BCUT2D eigenvalue weighted by atomic mass is 10.1. The van der Waals surface area contributed by atoms with E-state index >= 15 is 0 Å². The first-order chi connectivity index (χ1) is 9.20. The number of aromatic nitrogens is 2. The van der Waals surface area contributed by atoms with Crippen LogP contribution in [0.3, 0.4) is 0 Å². The maximum atomic E-state index is 11.7. The Morgan fingerprint density at radius 2 is 2.37 bits per heavy atom. The molecule has 0 saturated carbocycles. The standard InChI is InChI=1S/C14H14N4O/c1-2-4-12(15)14(19)17-11-6-3-5-10(9-11)13-7-8-16-18-13/h1,3,5-9,12H,4,15H2,(H,16,18)(H,17,19). The number of hydrogen-bond donors (Lipinski definition) is 3. The molecule has 2 aromatic rings. The van der Waals surface area contributed by atoms with Crippen molar-refractivity contribution in [3.63, 3.8) is 0 Å². The zero-order valence-electron chi connectivity index (χ0n) is 10.3. The van der Waals surface area contributed by atoms with Crippen LogP contribution in [0, 0.1) is 12.3 Å². The van der Waals surface area contributed by atoms with Gasteiger partial charge < -0.3 is 11.1 Å². The molecule has 0 aliphatic heterocycles. The fourth-order valence-electron chi connectivity index (χ4n) is 1.64. The molecule has 0 aliphatic carbocycles. The predicted octanol–water partition coefficient (Wildman–Crippen LogP) is 1.37. The fraction of sp³-hybridized carbons (Fsp3) is 0.143. The summed E-state index contributed by atoms with van der Waals surface area (Å²) in [4.78, 5) is 11.7. The molecule has 1 unspecified atom stereocenters. The van der Waals surface area contributed by atoms with Gasteiger partial charge in [-0.2, -0.15) is 5.10 Å². The number of benzene rings is 1. The topological polar surface area (TPSA) is 83.8 Å². The molecule has 0 fully saturated rings. The minimum Gasteiger partial charge on any atom is -0.325 e. The van der Waals surface area contributed by atoms with E-state index in [0.717, 1.165) is 11.3 Å². The summed E-state index contributed by atoms with van der Waals surface area (Å²) in [7, 11) is 0. The summed E-state index contributed by atoms with van der Waals surface area (Å²) in [6, 6.07) is 8.56. The number of nitrogens with zero attached hydrogens (tertiary/aromatic N) is 1. The maximum Gasteiger partial charge on any atom is 0.242 e. The Kier molecular flexibility index (Phi) is 3.96. The number of hydrogen-bond acceptors (Lipinski definition) is 3. The molecule has 0 bridgehead atoms. The lowest BCUT2D eigenvalue weighted by Crippen LogP contribution is -2.35. The molecule has 4 N–H and O–H groups in total. The fourth-order valence-corrected chi connectivity index (χ4v) is 1.64. The average Bonchev–Trinajstić information content (AvgIpc) is 2.93. The number of nitrogens with two attached hydrogens (primary N) is 1. The number of rotatable bonds is 4. The molecule has 0 radical (unpaired) electrons. The second-order valence-electron chi connectivity index (χ2n) is 4.06. The molecule has 2 rings (SSSR count). The molecule has 1 heterocycles. The minimum absolute atomic E-state index is 0.214. The van der Waals surface area contributed by atoms with E-state index < -0.39 is 6.04 Å². The Bertz CT molecular complexity index is 598. The van der Waals surface area contributed by atoms with Gasteiger partial charge in [0, 0.05) is 23.9 Å². The molecule has 0 saturated heterocycles. The maximum absolute atomic E-state index is 11.7. The minimum atomic E-state index is -0.694. The summed E-state index contributed by atoms with van der Waals surface area (Å²) in [5, 5.41) is 9.49. The number of terminal acetylenes is 1. The first-order valence-corrected chi connectivity index (χ1v) is 5.80. The molecule has 1 amide bonds. The van der Waals surface area contributed by atoms with E-state index in [1.165, 1.54) is 0 Å². The molecule has 0 aliphatic rings. The molecule has 5 heteroatoms. The Balaban J connectivity index is 2.12. The smallest absolute Gasteiger partial charge is 0.242 e. The SMILES string of the molecule is C#CCC(N)C(=O)Nc1cccc(-c2ccn[nH]2)c1. The number of carbonyl (C=O) groups is 1. The quantitative estimate of drug-likeness (QED) is 0.720. The van der Waals surface area contributed by atoms with E-state index in [9.17, 15) is 4.79 Å². The Labute approximate surface area is 111 Å². The zero-order chi connectivity index (χ0) is 13.7. The molecule has 5 nitrogen and oxygen atoms in total. The van der Waals surface area contributed by atoms with Gasteiger partial charge in [0.25, 0.3) is 0 Å². The third kappa shape index (κ3) is 3.21. The van der Waals surface area contributed by atoms with Gasteiger partial charge in [-0.3, -0.25) is 9.89 Å². The van der Waals surface area contributed by atoms with Crippen LogP contribution in [0.25, 0.3) is 11.3 Å². The highest BCUT2D eigenvalue weighted by Crippen LogP contribution is 2.20. The van der Waals surface area contributed by atoms with E-state index in [1.807, 2.05) is 24.3 Å². The van der Waals surface area contributed by atoms with Gasteiger partial charge >= 0.3 is 0 Å². The van der Waals surface area contributed by atoms with Crippen LogP contribution >= 0.6 is 0 Å². The Morgan fingerprint density at radius 1 is 1.53 bits per heavy atom. The number of anilines is 1. The number of carbonyl (C=O) groups excluding carboxylic acids is 1. The first-order valence-electron chi connectivity index (χ1n) is 5.80. The summed E-state index contributed by atoms with van der Waals surface area (Å²) >= 11 is 0. The molecule has 96 valence electrons. The summed E-state index contributed by atoms with van der Waals surface area (Å²) in [6.07, 6.45) is 7.01. The van der Waals surface area contributed by atoms with Crippen LogP contribution in [-0.4, -0.2) is 22.1 Å². The van der Waals surface area contributed by atoms with Crippen LogP contribution in [0.15, 0.2) is 36.5 Å². The molecule has 1 aromatic heterocycles. The number of amides is 1. The highest BCUT2D eigenvalue weighted by molar-refractivity contribution is 5.95. The highest BCUT2D eigenvalue weighted by atomic mass is 16.2. The van der Waals surface area contributed by atoms with E-state index in [2.05, 4.69) is 21.4 Å². The predicted molar refractivity (Wildman–Crippen MR) is 74.1 cm³/mol. The molecule has 1 atom stereocenters. The van der Waals surface area contributed by atoms with Gasteiger partial charge in [0.05, 0.1) is 11.7 Å². The highest BCUT2D eigenvalue weighted by Gasteiger charge is 2.12. The van der Waals surface area contributed by atoms with Crippen molar-refractivity contribution < 1.29 is 4.79 Å². The summed E-state index contributed by atoms with van der Waals surface area (Å²) in [6.45, 7) is 0. The normalized spacial score (nSPS) is 11.6. The average molecular weight is 254 g/mol. The van der Waals surface area contributed by atoms with Gasteiger partial charge in [0.15, 0.2) is 0 Å². The van der Waals surface area contributed by atoms with E-state index in [-0.39, 0.29) is 12.3 Å². The van der Waals surface area contributed by atoms with E-state index in [4.69, 9.17) is 12.2 Å². The van der Waals surface area contributed by atoms with Gasteiger partial charge in [0.1, 0.15) is 0 Å². The zero-order valence-corrected chi connectivity index (χ0v) is 10.3. The van der Waals surface area contributed by atoms with Crippen molar-refractivity contribution in [2.24, 2.45) is 5.73 Å². The molecular formula is C14H14N4O. The molecule has 0 spiro atoms. The second-order valence-corrected chi connectivity index (χ2v) is 4.06. The summed E-state index contributed by atoms with van der Waals surface area (Å²) in [5.41, 5.74) is 8.12. The van der Waals surface area contributed by atoms with Crippen molar-refractivity contribution in [3.8, 4) is 23.6 Å². The van der Waals surface area contributed by atoms with Crippen LogP contribution < -0.4 is 11.1 Å². The first kappa shape index (κ1) is 12.9. The van der Waals surface area contributed by atoms with Crippen LogP contribution in [-0.2, 0) is 4.79 Å². The number of H-pyrrole nitrogens is 1. The summed E-state index contributed by atoms with van der Waals surface area (Å²) < 4.78 is 0. The van der Waals surface area contributed by atoms with E-state index in [1.54, 1.807) is 12.3 Å². The number of aromatic amines is 1. The summed E-state index contributed by atoms with van der Waals surface area (Å²) in [5.74, 6) is 2.08. The van der Waals surface area contributed by atoms with Gasteiger partial charge in [-0.25, -0.2) is 0 Å². The lowest BCUT2D eigenvalue weighted by molar-refractivity contribution is -0.117. The monoisotopic (exact) mass is 254 g/mol. The molecule has 19 heavy (non-hydrogen) atoms. The Hall–Kier alpha value is -2.58. The van der Waals surface area contributed by atoms with Crippen molar-refractivity contribution in [3.05, 3.63) is 36.5 Å². The Morgan fingerprint density at radius 3 is 3.05 bits per heavy atom. The van der Waals surface area contributed by atoms with Crippen LogP contribution in [0.5, 0.6) is 0 Å². The third-order valence-corrected chi connectivity index (χ3v) is 2.62. The van der Waals surface area contributed by atoms with E-state index in [0.29, 0.717) is 5.69 Å². The van der Waals surface area contributed by atoms with Gasteiger partial charge in [-0.1, -0.05) is 12.1 Å². The van der Waals surface area contributed by atoms with Gasteiger partial charge in [0.2, 0.25) is 5.91 Å². The van der Waals surface area contributed by atoms with Crippen LogP contribution in [0.1, 0.15) is 6.42 Å². The van der Waals surface area contributed by atoms with Crippen molar-refractivity contribution >= 4 is 11.6 Å². The van der Waals surface area contributed by atoms with Crippen molar-refractivity contribution in [2.45, 2.75) is 12.5 Å². The second kappa shape index (κ2) is 5.85. The van der Waals surface area contributed by atoms with Crippen LogP contribution in [0.2, 0.25) is 0 Å². The van der Waals surface area contributed by atoms with Crippen molar-refractivity contribution in [1.29, 1.82) is 0 Å². The lowest BCUT2D eigenvalue weighted by Gasteiger charge is -2.10. The van der Waals surface area contributed by atoms with Gasteiger partial charge in [-0.15, -0.1) is 12.3 Å². The largest absolute Gasteiger partial charge is 0.325 e. The van der Waals surface area contributed by atoms with Crippen molar-refractivity contribution in [1.82, 2.24) is 10.2 Å². The van der Waals surface area contributed by atoms with Crippen LogP contribution in [0.4, 0.5) is 5.69 Å². The third-order valence-electron chi connectivity index (χ3n) is 2.62. The number of nitrogens with one attached hydrogen (secondary N) is 2. The molecular weight excluding hydrogens is 240 g/mol. The van der Waals surface area contributed by atoms with Gasteiger partial charge in [-0.05, 0) is 18.2 Å². The molecule has 1 aromatic carbocycles. The van der Waals surface area contributed by atoms with Crippen molar-refractivity contribution in [2.75, 3.05) is 5.32 Å².